The number of hydrogen-bond acceptors (Lipinski definition) is 4. The van der Waals surface area contributed by atoms with Crippen LogP contribution in [0.25, 0.3) is 0 Å². The number of nitrogens with one attached hydrogen (secondary N) is 1. The highest BCUT2D eigenvalue weighted by Crippen LogP contribution is 2.17. The zero-order valence-electron chi connectivity index (χ0n) is 12.0. The van der Waals surface area contributed by atoms with Crippen molar-refractivity contribution in [1.29, 1.82) is 0 Å². The summed E-state index contributed by atoms with van der Waals surface area (Å²) in [6.07, 6.45) is -0.162. The van der Waals surface area contributed by atoms with Crippen LogP contribution in [0.1, 0.15) is 23.7 Å². The average Bonchev–Trinajstić information content (AvgIpc) is 2.49. The SMILES string of the molecule is CC(=O)CC(=O)Nc1ccc(OC(=O)c2ccccc2)cc1. The summed E-state index contributed by atoms with van der Waals surface area (Å²) in [5.41, 5.74) is 0.993. The van der Waals surface area contributed by atoms with Crippen molar-refractivity contribution in [2.24, 2.45) is 0 Å². The minimum absolute atomic E-state index is 0.162. The van der Waals surface area contributed by atoms with Gasteiger partial charge in [0.25, 0.3) is 0 Å². The van der Waals surface area contributed by atoms with Gasteiger partial charge in [-0.3, -0.25) is 9.59 Å². The number of ketones is 1. The number of benzene rings is 2. The van der Waals surface area contributed by atoms with Crippen LogP contribution in [0, 0.1) is 0 Å². The van der Waals surface area contributed by atoms with Crippen LogP contribution in [0.5, 0.6) is 5.75 Å². The number of amides is 1. The lowest BCUT2D eigenvalue weighted by Gasteiger charge is -2.07. The monoisotopic (exact) mass is 297 g/mol. The second-order valence-electron chi connectivity index (χ2n) is 4.71. The minimum atomic E-state index is -0.450. The average molecular weight is 297 g/mol. The molecule has 1 amide bonds. The van der Waals surface area contributed by atoms with Crippen molar-refractivity contribution in [1.82, 2.24) is 0 Å². The van der Waals surface area contributed by atoms with Gasteiger partial charge in [0.05, 0.1) is 12.0 Å². The van der Waals surface area contributed by atoms with Gasteiger partial charge in [-0.1, -0.05) is 18.2 Å². The number of anilines is 1. The number of Topliss-reactive ketones (excluding diaryl/α,β-unsaturated/α-hetero) is 1. The van der Waals surface area contributed by atoms with Crippen LogP contribution in [0.3, 0.4) is 0 Å². The molecule has 0 saturated heterocycles. The Morgan fingerprint density at radius 3 is 2.18 bits per heavy atom. The second kappa shape index (κ2) is 7.17. The van der Waals surface area contributed by atoms with E-state index in [0.717, 1.165) is 0 Å². The number of carbonyl (C=O) groups excluding carboxylic acids is 3. The van der Waals surface area contributed by atoms with Gasteiger partial charge >= 0.3 is 5.97 Å². The molecular weight excluding hydrogens is 282 g/mol. The molecule has 0 saturated carbocycles. The highest BCUT2D eigenvalue weighted by molar-refractivity contribution is 6.03. The number of carbonyl (C=O) groups is 3. The summed E-state index contributed by atoms with van der Waals surface area (Å²) in [6, 6.07) is 15.0. The van der Waals surface area contributed by atoms with Crippen molar-refractivity contribution in [3.05, 3.63) is 60.2 Å². The van der Waals surface area contributed by atoms with Gasteiger partial charge in [0.15, 0.2) is 0 Å². The number of esters is 1. The molecule has 22 heavy (non-hydrogen) atoms. The van der Waals surface area contributed by atoms with E-state index in [1.807, 2.05) is 6.07 Å². The Hall–Kier alpha value is -2.95. The summed E-state index contributed by atoms with van der Waals surface area (Å²) in [7, 11) is 0. The predicted molar refractivity (Wildman–Crippen MR) is 81.8 cm³/mol. The molecule has 0 aliphatic heterocycles. The maximum atomic E-state index is 11.9. The molecule has 2 aromatic rings. The molecule has 0 aliphatic rings. The minimum Gasteiger partial charge on any atom is -0.423 e. The normalized spacial score (nSPS) is 9.86. The Kier molecular flexibility index (Phi) is 5.03. The van der Waals surface area contributed by atoms with E-state index in [0.29, 0.717) is 17.0 Å². The fourth-order valence-corrected chi connectivity index (χ4v) is 1.78. The third-order valence-electron chi connectivity index (χ3n) is 2.77. The van der Waals surface area contributed by atoms with E-state index < -0.39 is 5.97 Å². The standard InChI is InChI=1S/C17H15NO4/c1-12(19)11-16(20)18-14-7-9-15(10-8-14)22-17(21)13-5-3-2-4-6-13/h2-10H,11H2,1H3,(H,18,20). The molecule has 2 aromatic carbocycles. The molecule has 1 N–H and O–H groups in total. The van der Waals surface area contributed by atoms with Crippen molar-refractivity contribution in [2.75, 3.05) is 5.32 Å². The van der Waals surface area contributed by atoms with Gasteiger partial charge in [-0.25, -0.2) is 4.79 Å². The molecule has 0 fully saturated rings. The van der Waals surface area contributed by atoms with E-state index >= 15 is 0 Å². The van der Waals surface area contributed by atoms with Gasteiger partial charge in [0, 0.05) is 5.69 Å². The number of hydrogen-bond donors (Lipinski definition) is 1. The highest BCUT2D eigenvalue weighted by Gasteiger charge is 2.08. The third kappa shape index (κ3) is 4.56. The summed E-state index contributed by atoms with van der Waals surface area (Å²) >= 11 is 0. The molecule has 0 unspecified atom stereocenters. The molecule has 0 aliphatic carbocycles. The van der Waals surface area contributed by atoms with Crippen molar-refractivity contribution in [2.45, 2.75) is 13.3 Å². The summed E-state index contributed by atoms with van der Waals surface area (Å²) in [5, 5.41) is 2.59. The van der Waals surface area contributed by atoms with E-state index in [1.54, 1.807) is 48.5 Å². The zero-order valence-corrected chi connectivity index (χ0v) is 12.0. The first kappa shape index (κ1) is 15.4. The van der Waals surface area contributed by atoms with Crippen LogP contribution in [0.2, 0.25) is 0 Å². The smallest absolute Gasteiger partial charge is 0.343 e. The van der Waals surface area contributed by atoms with Gasteiger partial charge in [-0.05, 0) is 43.3 Å². The number of ether oxygens (including phenoxy) is 1. The molecule has 0 atom stereocenters. The lowest BCUT2D eigenvalue weighted by atomic mass is 10.2. The van der Waals surface area contributed by atoms with Gasteiger partial charge in [0.1, 0.15) is 11.5 Å². The Morgan fingerprint density at radius 1 is 0.955 bits per heavy atom. The van der Waals surface area contributed by atoms with Crippen LogP contribution in [-0.2, 0) is 9.59 Å². The summed E-state index contributed by atoms with van der Waals surface area (Å²) in [6.45, 7) is 1.35. The molecule has 112 valence electrons. The topological polar surface area (TPSA) is 72.5 Å². The molecule has 0 radical (unpaired) electrons. The summed E-state index contributed by atoms with van der Waals surface area (Å²) in [5.74, 6) is -0.653. The number of rotatable bonds is 5. The molecule has 0 bridgehead atoms. The Balaban J connectivity index is 1.96. The maximum Gasteiger partial charge on any atom is 0.343 e. The zero-order chi connectivity index (χ0) is 15.9. The van der Waals surface area contributed by atoms with E-state index in [9.17, 15) is 14.4 Å². The Labute approximate surface area is 127 Å². The molecule has 0 aromatic heterocycles. The molecule has 5 nitrogen and oxygen atoms in total. The van der Waals surface area contributed by atoms with Crippen molar-refractivity contribution in [3.63, 3.8) is 0 Å². The largest absolute Gasteiger partial charge is 0.423 e. The quantitative estimate of drug-likeness (QED) is 0.523. The van der Waals surface area contributed by atoms with Gasteiger partial charge in [0.2, 0.25) is 5.91 Å². The maximum absolute atomic E-state index is 11.9. The van der Waals surface area contributed by atoms with Crippen molar-refractivity contribution in [3.8, 4) is 5.75 Å². The van der Waals surface area contributed by atoms with Gasteiger partial charge < -0.3 is 10.1 Å². The first-order chi connectivity index (χ1) is 10.5. The molecule has 2 rings (SSSR count). The molecule has 5 heteroatoms. The highest BCUT2D eigenvalue weighted by atomic mass is 16.5. The van der Waals surface area contributed by atoms with Crippen molar-refractivity contribution >= 4 is 23.3 Å². The summed E-state index contributed by atoms with van der Waals surface area (Å²) < 4.78 is 5.22. The fourth-order valence-electron chi connectivity index (χ4n) is 1.78. The second-order valence-corrected chi connectivity index (χ2v) is 4.71. The Bertz CT molecular complexity index is 678. The predicted octanol–water partition coefficient (Wildman–Crippen LogP) is 2.82. The first-order valence-corrected chi connectivity index (χ1v) is 6.71. The van der Waals surface area contributed by atoms with Crippen LogP contribution in [0.4, 0.5) is 5.69 Å². The van der Waals surface area contributed by atoms with Crippen LogP contribution >= 0.6 is 0 Å². The van der Waals surface area contributed by atoms with E-state index in [-0.39, 0.29) is 18.1 Å². The van der Waals surface area contributed by atoms with E-state index in [2.05, 4.69) is 5.32 Å². The lowest BCUT2D eigenvalue weighted by molar-refractivity contribution is -0.124. The molecule has 0 spiro atoms. The third-order valence-corrected chi connectivity index (χ3v) is 2.77. The van der Waals surface area contributed by atoms with E-state index in [4.69, 9.17) is 4.74 Å². The van der Waals surface area contributed by atoms with Crippen LogP contribution < -0.4 is 10.1 Å². The molecular formula is C17H15NO4. The van der Waals surface area contributed by atoms with Crippen molar-refractivity contribution < 1.29 is 19.1 Å². The first-order valence-electron chi connectivity index (χ1n) is 6.71. The lowest BCUT2D eigenvalue weighted by Crippen LogP contribution is -2.14. The van der Waals surface area contributed by atoms with E-state index in [1.165, 1.54) is 6.92 Å². The van der Waals surface area contributed by atoms with Gasteiger partial charge in [-0.15, -0.1) is 0 Å². The fraction of sp³-hybridized carbons (Fsp3) is 0.118. The van der Waals surface area contributed by atoms with Crippen LogP contribution in [0.15, 0.2) is 54.6 Å². The molecule has 0 heterocycles. The van der Waals surface area contributed by atoms with Crippen LogP contribution in [-0.4, -0.2) is 17.7 Å². The Morgan fingerprint density at radius 2 is 1.59 bits per heavy atom. The van der Waals surface area contributed by atoms with Gasteiger partial charge in [-0.2, -0.15) is 0 Å². The summed E-state index contributed by atoms with van der Waals surface area (Å²) in [4.78, 5) is 34.2.